The first-order valence-corrected chi connectivity index (χ1v) is 8.43. The van der Waals surface area contributed by atoms with Crippen LogP contribution in [-0.4, -0.2) is 24.4 Å². The largest absolute Gasteiger partial charge is 0.576 e. The maximum Gasteiger partial charge on any atom is 0.576 e. The van der Waals surface area contributed by atoms with Gasteiger partial charge in [0.05, 0.1) is 0 Å². The van der Waals surface area contributed by atoms with Crippen LogP contribution in [0.3, 0.4) is 0 Å². The molecule has 0 radical (unpaired) electrons. The SMILES string of the molecule is C1CCC2O[P+]3(OC2C1)OC1CCCCC1O3. The van der Waals surface area contributed by atoms with Gasteiger partial charge in [-0.15, -0.1) is 18.1 Å². The molecule has 4 unspecified atom stereocenters. The number of hydrogen-bond donors (Lipinski definition) is 0. The Morgan fingerprint density at radius 1 is 0.529 bits per heavy atom. The predicted molar refractivity (Wildman–Crippen MR) is 63.3 cm³/mol. The molecule has 0 aromatic heterocycles. The zero-order valence-corrected chi connectivity index (χ0v) is 10.9. The zero-order chi connectivity index (χ0) is 11.3. The quantitative estimate of drug-likeness (QED) is 0.625. The van der Waals surface area contributed by atoms with Gasteiger partial charge in [0.1, 0.15) is 24.4 Å². The van der Waals surface area contributed by atoms with Gasteiger partial charge in [-0.2, -0.15) is 0 Å². The Morgan fingerprint density at radius 2 is 0.824 bits per heavy atom. The minimum Gasteiger partial charge on any atom is -0.147 e. The smallest absolute Gasteiger partial charge is 0.147 e. The second-order valence-corrected chi connectivity index (χ2v) is 7.33. The second kappa shape index (κ2) is 4.14. The fourth-order valence-corrected chi connectivity index (χ4v) is 6.01. The van der Waals surface area contributed by atoms with Crippen molar-refractivity contribution in [1.82, 2.24) is 0 Å². The standard InChI is InChI=1S/C12H20O4P/c1-2-6-10-9(5-1)13-17(14-10)15-11-7-3-4-8-12(11)16-17/h9-12H,1-8H2/q+1. The number of rotatable bonds is 0. The van der Waals surface area contributed by atoms with Gasteiger partial charge in [-0.3, -0.25) is 0 Å². The third-order valence-electron chi connectivity index (χ3n) is 4.34. The summed E-state index contributed by atoms with van der Waals surface area (Å²) >= 11 is 0. The predicted octanol–water partition coefficient (Wildman–Crippen LogP) is 3.38. The molecule has 0 aromatic rings. The molecule has 5 heteroatoms. The number of hydrogen-bond acceptors (Lipinski definition) is 4. The van der Waals surface area contributed by atoms with Crippen LogP contribution in [-0.2, 0) is 18.1 Å². The van der Waals surface area contributed by atoms with E-state index in [-0.39, 0.29) is 24.4 Å². The van der Waals surface area contributed by atoms with E-state index in [1.807, 2.05) is 0 Å². The highest BCUT2D eigenvalue weighted by Crippen LogP contribution is 2.75. The first-order valence-electron chi connectivity index (χ1n) is 6.97. The van der Waals surface area contributed by atoms with Crippen LogP contribution >= 0.6 is 8.17 Å². The van der Waals surface area contributed by atoms with Crippen molar-refractivity contribution in [3.8, 4) is 0 Å². The second-order valence-electron chi connectivity index (χ2n) is 5.59. The first kappa shape index (κ1) is 11.1. The van der Waals surface area contributed by atoms with Gasteiger partial charge in [-0.1, -0.05) is 25.7 Å². The third-order valence-corrected chi connectivity index (χ3v) is 6.46. The molecule has 2 saturated heterocycles. The van der Waals surface area contributed by atoms with Gasteiger partial charge in [0.2, 0.25) is 0 Å². The highest BCUT2D eigenvalue weighted by atomic mass is 31.2. The summed E-state index contributed by atoms with van der Waals surface area (Å²) in [5, 5.41) is 0. The highest BCUT2D eigenvalue weighted by Gasteiger charge is 2.69. The molecule has 2 saturated carbocycles. The van der Waals surface area contributed by atoms with Crippen molar-refractivity contribution in [3.05, 3.63) is 0 Å². The molecule has 1 spiro atoms. The van der Waals surface area contributed by atoms with Crippen LogP contribution in [0, 0.1) is 0 Å². The minimum atomic E-state index is -2.41. The van der Waals surface area contributed by atoms with E-state index >= 15 is 0 Å². The van der Waals surface area contributed by atoms with Crippen molar-refractivity contribution in [3.63, 3.8) is 0 Å². The summed E-state index contributed by atoms with van der Waals surface area (Å²) in [6.07, 6.45) is 10.3. The lowest BCUT2D eigenvalue weighted by molar-refractivity contribution is 0.110. The molecule has 96 valence electrons. The summed E-state index contributed by atoms with van der Waals surface area (Å²) in [5.74, 6) is 0. The minimum absolute atomic E-state index is 0.234. The Morgan fingerprint density at radius 3 is 1.12 bits per heavy atom. The molecule has 4 atom stereocenters. The average Bonchev–Trinajstić information content (AvgIpc) is 2.87. The molecule has 0 N–H and O–H groups in total. The van der Waals surface area contributed by atoms with Crippen LogP contribution in [0.5, 0.6) is 0 Å². The molecule has 0 aromatic carbocycles. The van der Waals surface area contributed by atoms with Gasteiger partial charge in [-0.25, -0.2) is 0 Å². The van der Waals surface area contributed by atoms with E-state index in [1.165, 1.54) is 25.7 Å². The molecule has 4 rings (SSSR count). The van der Waals surface area contributed by atoms with Gasteiger partial charge in [0.15, 0.2) is 0 Å². The summed E-state index contributed by atoms with van der Waals surface area (Å²) in [7, 11) is -2.41. The van der Waals surface area contributed by atoms with Crippen LogP contribution in [0.2, 0.25) is 0 Å². The summed E-state index contributed by atoms with van der Waals surface area (Å²) in [4.78, 5) is 0. The fraction of sp³-hybridized carbons (Fsp3) is 1.00. The number of fused-ring (bicyclic) bond motifs is 2. The van der Waals surface area contributed by atoms with Gasteiger partial charge in [0, 0.05) is 0 Å². The van der Waals surface area contributed by atoms with E-state index in [2.05, 4.69) is 0 Å². The van der Waals surface area contributed by atoms with Crippen LogP contribution < -0.4 is 0 Å². The molecule has 2 aliphatic heterocycles. The normalized spacial score (nSPS) is 53.6. The lowest BCUT2D eigenvalue weighted by atomic mass is 9.95. The van der Waals surface area contributed by atoms with Crippen LogP contribution in [0.4, 0.5) is 0 Å². The summed E-state index contributed by atoms with van der Waals surface area (Å²) in [5.41, 5.74) is 0. The maximum atomic E-state index is 6.05. The lowest BCUT2D eigenvalue weighted by Gasteiger charge is -2.16. The molecule has 0 amide bonds. The molecule has 4 aliphatic rings. The Bertz CT molecular complexity index is 249. The maximum absolute atomic E-state index is 6.05. The van der Waals surface area contributed by atoms with Crippen molar-refractivity contribution in [1.29, 1.82) is 0 Å². The van der Waals surface area contributed by atoms with Crippen LogP contribution in [0.1, 0.15) is 51.4 Å². The van der Waals surface area contributed by atoms with Crippen molar-refractivity contribution >= 4 is 8.17 Å². The molecule has 2 heterocycles. The van der Waals surface area contributed by atoms with Gasteiger partial charge in [-0.05, 0) is 25.7 Å². The Labute approximate surface area is 103 Å². The Kier molecular flexibility index (Phi) is 2.71. The average molecular weight is 259 g/mol. The van der Waals surface area contributed by atoms with Crippen molar-refractivity contribution in [2.75, 3.05) is 0 Å². The third kappa shape index (κ3) is 1.85. The van der Waals surface area contributed by atoms with Crippen LogP contribution in [0.15, 0.2) is 0 Å². The van der Waals surface area contributed by atoms with E-state index in [4.69, 9.17) is 18.1 Å². The van der Waals surface area contributed by atoms with Crippen molar-refractivity contribution in [2.45, 2.75) is 75.8 Å². The molecule has 17 heavy (non-hydrogen) atoms. The van der Waals surface area contributed by atoms with E-state index < -0.39 is 8.17 Å². The van der Waals surface area contributed by atoms with Gasteiger partial charge < -0.3 is 0 Å². The van der Waals surface area contributed by atoms with E-state index in [0.29, 0.717) is 0 Å². The zero-order valence-electron chi connectivity index (χ0n) is 10.0. The lowest BCUT2D eigenvalue weighted by Crippen LogP contribution is -2.25. The van der Waals surface area contributed by atoms with E-state index in [0.717, 1.165) is 25.7 Å². The summed E-state index contributed by atoms with van der Waals surface area (Å²) in [6, 6.07) is 0. The summed E-state index contributed by atoms with van der Waals surface area (Å²) < 4.78 is 24.2. The Balaban J connectivity index is 1.51. The molecule has 4 fully saturated rings. The molecule has 2 aliphatic carbocycles. The summed E-state index contributed by atoms with van der Waals surface area (Å²) in [6.45, 7) is 0. The fourth-order valence-electron chi connectivity index (χ4n) is 3.42. The topological polar surface area (TPSA) is 36.9 Å². The molecule has 0 bridgehead atoms. The van der Waals surface area contributed by atoms with Crippen LogP contribution in [0.25, 0.3) is 0 Å². The molecule has 4 nitrogen and oxygen atoms in total. The highest BCUT2D eigenvalue weighted by molar-refractivity contribution is 7.57. The van der Waals surface area contributed by atoms with E-state index in [9.17, 15) is 0 Å². The monoisotopic (exact) mass is 259 g/mol. The van der Waals surface area contributed by atoms with Gasteiger partial charge in [0.25, 0.3) is 0 Å². The van der Waals surface area contributed by atoms with Crippen molar-refractivity contribution < 1.29 is 18.1 Å². The van der Waals surface area contributed by atoms with E-state index in [1.54, 1.807) is 0 Å². The Hall–Kier alpha value is 0.270. The van der Waals surface area contributed by atoms with Gasteiger partial charge >= 0.3 is 8.17 Å². The molecular formula is C12H20O4P+. The first-order chi connectivity index (χ1) is 8.35. The van der Waals surface area contributed by atoms with Crippen molar-refractivity contribution in [2.24, 2.45) is 0 Å². The molecular weight excluding hydrogens is 239 g/mol.